The van der Waals surface area contributed by atoms with Gasteiger partial charge in [0, 0.05) is 12.6 Å². The van der Waals surface area contributed by atoms with E-state index in [-0.39, 0.29) is 25.4 Å². The Hall–Kier alpha value is -2.84. The van der Waals surface area contributed by atoms with Crippen LogP contribution in [0.1, 0.15) is 11.1 Å². The Kier molecular flexibility index (Phi) is 6.37. The fourth-order valence-corrected chi connectivity index (χ4v) is 2.02. The minimum atomic E-state index is -4.45. The van der Waals surface area contributed by atoms with Crippen LogP contribution in [0.25, 0.3) is 0 Å². The van der Waals surface area contributed by atoms with Crippen molar-refractivity contribution in [2.24, 2.45) is 0 Å². The molecule has 9 heteroatoms. The summed E-state index contributed by atoms with van der Waals surface area (Å²) in [5.41, 5.74) is -0.508. The highest BCUT2D eigenvalue weighted by Crippen LogP contribution is 2.29. The molecule has 140 valence electrons. The van der Waals surface area contributed by atoms with Crippen LogP contribution in [-0.2, 0) is 12.7 Å². The van der Waals surface area contributed by atoms with Gasteiger partial charge in [-0.2, -0.15) is 13.2 Å². The summed E-state index contributed by atoms with van der Waals surface area (Å²) in [4.78, 5) is 11.6. The van der Waals surface area contributed by atoms with Crippen LogP contribution in [0, 0.1) is 11.6 Å². The Balaban J connectivity index is 1.72. The van der Waals surface area contributed by atoms with Crippen molar-refractivity contribution in [2.45, 2.75) is 12.7 Å². The number of carbonyl (C=O) groups excluding carboxylic acids is 1. The highest BCUT2D eigenvalue weighted by Gasteiger charge is 2.30. The van der Waals surface area contributed by atoms with Gasteiger partial charge in [0.05, 0.1) is 12.1 Å². The molecule has 0 aliphatic heterocycles. The number of urea groups is 1. The van der Waals surface area contributed by atoms with Gasteiger partial charge in [-0.25, -0.2) is 13.6 Å². The van der Waals surface area contributed by atoms with Gasteiger partial charge < -0.3 is 15.4 Å². The molecule has 0 saturated heterocycles. The van der Waals surface area contributed by atoms with Gasteiger partial charge in [-0.1, -0.05) is 12.1 Å². The summed E-state index contributed by atoms with van der Waals surface area (Å²) in [5, 5.41) is 4.80. The molecule has 0 heterocycles. The molecule has 2 rings (SSSR count). The molecule has 0 saturated carbocycles. The topological polar surface area (TPSA) is 50.4 Å². The van der Waals surface area contributed by atoms with Gasteiger partial charge in [-0.3, -0.25) is 0 Å². The highest BCUT2D eigenvalue weighted by atomic mass is 19.4. The number of hydrogen-bond acceptors (Lipinski definition) is 2. The second-order valence-electron chi connectivity index (χ2n) is 5.23. The van der Waals surface area contributed by atoms with Gasteiger partial charge in [0.15, 0.2) is 11.6 Å². The number of halogens is 5. The summed E-state index contributed by atoms with van der Waals surface area (Å²) < 4.78 is 68.9. The van der Waals surface area contributed by atoms with Crippen molar-refractivity contribution in [1.82, 2.24) is 10.6 Å². The smallest absolute Gasteiger partial charge is 0.416 e. The summed E-state index contributed by atoms with van der Waals surface area (Å²) in [5.74, 6) is -1.75. The Labute approximate surface area is 146 Å². The van der Waals surface area contributed by atoms with E-state index in [0.29, 0.717) is 11.6 Å². The number of ether oxygens (including phenoxy) is 1. The Morgan fingerprint density at radius 2 is 1.81 bits per heavy atom. The van der Waals surface area contributed by atoms with Crippen molar-refractivity contribution in [3.05, 3.63) is 65.2 Å². The number of benzene rings is 2. The van der Waals surface area contributed by atoms with Crippen LogP contribution < -0.4 is 15.4 Å². The molecule has 0 fully saturated rings. The third-order valence-corrected chi connectivity index (χ3v) is 3.25. The fraction of sp³-hybridized carbons (Fsp3) is 0.235. The van der Waals surface area contributed by atoms with Gasteiger partial charge in [0.1, 0.15) is 12.4 Å². The van der Waals surface area contributed by atoms with Crippen LogP contribution in [0.15, 0.2) is 42.5 Å². The summed E-state index contributed by atoms with van der Waals surface area (Å²) in [6, 6.07) is 6.80. The molecule has 0 aliphatic rings. The summed E-state index contributed by atoms with van der Waals surface area (Å²) in [6.45, 7) is -0.145. The van der Waals surface area contributed by atoms with Crippen molar-refractivity contribution in [3.63, 3.8) is 0 Å². The maximum Gasteiger partial charge on any atom is 0.416 e. The minimum Gasteiger partial charge on any atom is -0.489 e. The molecule has 26 heavy (non-hydrogen) atoms. The van der Waals surface area contributed by atoms with E-state index in [1.807, 2.05) is 0 Å². The monoisotopic (exact) mass is 374 g/mol. The van der Waals surface area contributed by atoms with E-state index >= 15 is 0 Å². The van der Waals surface area contributed by atoms with Crippen molar-refractivity contribution in [3.8, 4) is 5.75 Å². The third kappa shape index (κ3) is 5.91. The first-order valence-corrected chi connectivity index (χ1v) is 7.51. The summed E-state index contributed by atoms with van der Waals surface area (Å²) >= 11 is 0. The molecule has 0 radical (unpaired) electrons. The predicted molar refractivity (Wildman–Crippen MR) is 83.5 cm³/mol. The first-order valence-electron chi connectivity index (χ1n) is 7.51. The third-order valence-electron chi connectivity index (χ3n) is 3.25. The molecule has 0 aliphatic carbocycles. The van der Waals surface area contributed by atoms with Crippen molar-refractivity contribution < 1.29 is 31.5 Å². The lowest BCUT2D eigenvalue weighted by molar-refractivity contribution is -0.137. The largest absolute Gasteiger partial charge is 0.489 e. The molecular formula is C17H15F5N2O2. The van der Waals surface area contributed by atoms with Gasteiger partial charge in [0.2, 0.25) is 0 Å². The fourth-order valence-electron chi connectivity index (χ4n) is 2.02. The number of alkyl halides is 3. The first kappa shape index (κ1) is 19.5. The SMILES string of the molecule is O=C(NCCOc1ccc(F)cc1F)NCc1cccc(C(F)(F)F)c1. The Bertz CT molecular complexity index is 765. The lowest BCUT2D eigenvalue weighted by Gasteiger charge is -2.11. The van der Waals surface area contributed by atoms with Gasteiger partial charge >= 0.3 is 12.2 Å². The maximum absolute atomic E-state index is 13.3. The van der Waals surface area contributed by atoms with Gasteiger partial charge in [-0.05, 0) is 29.8 Å². The number of hydrogen-bond donors (Lipinski definition) is 2. The van der Waals surface area contributed by atoms with Crippen molar-refractivity contribution in [1.29, 1.82) is 0 Å². The molecule has 2 amide bonds. The Morgan fingerprint density at radius 3 is 2.50 bits per heavy atom. The van der Waals surface area contributed by atoms with Crippen LogP contribution in [0.2, 0.25) is 0 Å². The highest BCUT2D eigenvalue weighted by molar-refractivity contribution is 5.73. The zero-order valence-electron chi connectivity index (χ0n) is 13.4. The molecule has 0 spiro atoms. The van der Waals surface area contributed by atoms with E-state index in [4.69, 9.17) is 4.74 Å². The second-order valence-corrected chi connectivity index (χ2v) is 5.23. The normalized spacial score (nSPS) is 11.1. The zero-order chi connectivity index (χ0) is 19.2. The van der Waals surface area contributed by atoms with E-state index in [1.54, 1.807) is 0 Å². The zero-order valence-corrected chi connectivity index (χ0v) is 13.4. The van der Waals surface area contributed by atoms with E-state index < -0.39 is 29.4 Å². The second kappa shape index (κ2) is 8.50. The lowest BCUT2D eigenvalue weighted by Crippen LogP contribution is -2.37. The first-order chi connectivity index (χ1) is 12.3. The molecule has 0 bridgehead atoms. The number of nitrogens with one attached hydrogen (secondary N) is 2. The van der Waals surface area contributed by atoms with E-state index in [9.17, 15) is 26.7 Å². The molecular weight excluding hydrogens is 359 g/mol. The van der Waals surface area contributed by atoms with E-state index in [0.717, 1.165) is 24.3 Å². The molecule has 2 aromatic rings. The van der Waals surface area contributed by atoms with Crippen LogP contribution in [-0.4, -0.2) is 19.2 Å². The lowest BCUT2D eigenvalue weighted by atomic mass is 10.1. The predicted octanol–water partition coefficient (Wildman–Crippen LogP) is 3.86. The molecule has 2 N–H and O–H groups in total. The molecule has 0 atom stereocenters. The Morgan fingerprint density at radius 1 is 1.04 bits per heavy atom. The molecule has 0 unspecified atom stereocenters. The van der Waals surface area contributed by atoms with Crippen LogP contribution in [0.5, 0.6) is 5.75 Å². The van der Waals surface area contributed by atoms with Crippen LogP contribution in [0.4, 0.5) is 26.7 Å². The molecule has 2 aromatic carbocycles. The van der Waals surface area contributed by atoms with E-state index in [2.05, 4.69) is 10.6 Å². The summed E-state index contributed by atoms with van der Waals surface area (Å²) in [6.07, 6.45) is -4.45. The summed E-state index contributed by atoms with van der Waals surface area (Å²) in [7, 11) is 0. The van der Waals surface area contributed by atoms with Crippen LogP contribution >= 0.6 is 0 Å². The van der Waals surface area contributed by atoms with E-state index in [1.165, 1.54) is 12.1 Å². The van der Waals surface area contributed by atoms with Crippen molar-refractivity contribution >= 4 is 6.03 Å². The van der Waals surface area contributed by atoms with Crippen molar-refractivity contribution in [2.75, 3.05) is 13.2 Å². The number of amides is 2. The average Bonchev–Trinajstić information content (AvgIpc) is 2.58. The maximum atomic E-state index is 13.3. The molecule has 0 aromatic heterocycles. The quantitative estimate of drug-likeness (QED) is 0.596. The van der Waals surface area contributed by atoms with Crippen LogP contribution in [0.3, 0.4) is 0 Å². The van der Waals surface area contributed by atoms with Gasteiger partial charge in [0.25, 0.3) is 0 Å². The number of rotatable bonds is 6. The average molecular weight is 374 g/mol. The van der Waals surface area contributed by atoms with Gasteiger partial charge in [-0.15, -0.1) is 0 Å². The minimum absolute atomic E-state index is 0.0191. The molecule has 4 nitrogen and oxygen atoms in total. The number of carbonyl (C=O) groups is 1. The standard InChI is InChI=1S/C17H15F5N2O2/c18-13-4-5-15(14(19)9-13)26-7-6-23-16(25)24-10-11-2-1-3-12(8-11)17(20,21)22/h1-5,8-9H,6-7,10H2,(H2,23,24,25).